The quantitative estimate of drug-likeness (QED) is 0.591. The van der Waals surface area contributed by atoms with E-state index in [1.165, 1.54) is 12.1 Å². The minimum Gasteiger partial charge on any atom is -0.307 e. The highest BCUT2D eigenvalue weighted by molar-refractivity contribution is 6.14. The summed E-state index contributed by atoms with van der Waals surface area (Å²) in [6, 6.07) is 4.66. The third-order valence-corrected chi connectivity index (χ3v) is 1.53. The van der Waals surface area contributed by atoms with Crippen LogP contribution in [0.3, 0.4) is 0 Å². The molecule has 0 amide bonds. The van der Waals surface area contributed by atoms with Crippen molar-refractivity contribution < 1.29 is 13.2 Å². The maximum Gasteiger partial charge on any atom is 0.416 e. The average Bonchev–Trinajstić information content (AvgIpc) is 2.17. The van der Waals surface area contributed by atoms with Gasteiger partial charge in [0.15, 0.2) is 0 Å². The first-order chi connectivity index (χ1) is 7.04. The van der Waals surface area contributed by atoms with Crippen molar-refractivity contribution >= 4 is 18.1 Å². The molecule has 1 aromatic carbocycles. The van der Waals surface area contributed by atoms with Crippen LogP contribution >= 0.6 is 0 Å². The van der Waals surface area contributed by atoms with E-state index in [0.29, 0.717) is 0 Å². The van der Waals surface area contributed by atoms with Crippen LogP contribution < -0.4 is 5.43 Å². The molecule has 1 rings (SSSR count). The number of hydrogen-bond acceptors (Lipinski definition) is 3. The van der Waals surface area contributed by atoms with Gasteiger partial charge in [-0.3, -0.25) is 5.43 Å². The van der Waals surface area contributed by atoms with E-state index in [2.05, 4.69) is 10.5 Å². The second kappa shape index (κ2) is 4.59. The summed E-state index contributed by atoms with van der Waals surface area (Å²) in [6.07, 6.45) is -2.32. The van der Waals surface area contributed by atoms with Crippen molar-refractivity contribution in [1.29, 1.82) is 5.41 Å². The topological polar surface area (TPSA) is 48.2 Å². The van der Waals surface area contributed by atoms with Crippen LogP contribution in [0.1, 0.15) is 5.56 Å². The van der Waals surface area contributed by atoms with Crippen LogP contribution in [0.2, 0.25) is 0 Å². The Kier molecular flexibility index (Phi) is 3.43. The average molecular weight is 215 g/mol. The minimum atomic E-state index is -4.36. The number of nitrogens with zero attached hydrogens (tertiary/aromatic N) is 1. The summed E-state index contributed by atoms with van der Waals surface area (Å²) < 4.78 is 36.8. The van der Waals surface area contributed by atoms with E-state index in [4.69, 9.17) is 5.41 Å². The number of hydrazone groups is 1. The van der Waals surface area contributed by atoms with Gasteiger partial charge in [-0.25, -0.2) is 0 Å². The van der Waals surface area contributed by atoms with Crippen molar-refractivity contribution in [2.45, 2.75) is 6.18 Å². The molecule has 3 nitrogen and oxygen atoms in total. The first-order valence-corrected chi connectivity index (χ1v) is 3.99. The van der Waals surface area contributed by atoms with Crippen LogP contribution in [0.15, 0.2) is 29.4 Å². The number of halogens is 3. The summed E-state index contributed by atoms with van der Waals surface area (Å²) in [5, 5.41) is 10.1. The van der Waals surface area contributed by atoms with Crippen LogP contribution in [-0.2, 0) is 6.18 Å². The fourth-order valence-electron chi connectivity index (χ4n) is 0.914. The first-order valence-electron chi connectivity index (χ1n) is 3.99. The molecule has 6 heteroatoms. The molecular weight excluding hydrogens is 207 g/mol. The molecule has 0 fully saturated rings. The molecule has 0 aliphatic heterocycles. The zero-order valence-corrected chi connectivity index (χ0v) is 7.55. The molecule has 0 unspecified atom stereocenters. The normalized spacial score (nSPS) is 11.7. The van der Waals surface area contributed by atoms with Crippen molar-refractivity contribution in [3.63, 3.8) is 0 Å². The SMILES string of the molecule is N=C/C=N\Nc1cccc(C(F)(F)F)c1. The van der Waals surface area contributed by atoms with Gasteiger partial charge in [-0.15, -0.1) is 0 Å². The van der Waals surface area contributed by atoms with Gasteiger partial charge >= 0.3 is 6.18 Å². The third-order valence-electron chi connectivity index (χ3n) is 1.53. The minimum absolute atomic E-state index is 0.225. The van der Waals surface area contributed by atoms with Gasteiger partial charge in [0, 0.05) is 6.21 Å². The second-order valence-electron chi connectivity index (χ2n) is 2.64. The predicted octanol–water partition coefficient (Wildman–Crippen LogP) is 2.75. The Hall–Kier alpha value is -1.85. The fourth-order valence-corrected chi connectivity index (χ4v) is 0.914. The lowest BCUT2D eigenvalue weighted by molar-refractivity contribution is -0.137. The summed E-state index contributed by atoms with van der Waals surface area (Å²) in [5.74, 6) is 0. The van der Waals surface area contributed by atoms with E-state index in [1.807, 2.05) is 0 Å². The summed E-state index contributed by atoms with van der Waals surface area (Å²) in [5.41, 5.74) is 1.86. The molecule has 0 saturated heterocycles. The lowest BCUT2D eigenvalue weighted by atomic mass is 10.2. The van der Waals surface area contributed by atoms with Crippen molar-refractivity contribution in [3.05, 3.63) is 29.8 Å². The molecular formula is C9H8F3N3. The van der Waals surface area contributed by atoms with Crippen molar-refractivity contribution in [3.8, 4) is 0 Å². The molecule has 15 heavy (non-hydrogen) atoms. The fraction of sp³-hybridized carbons (Fsp3) is 0.111. The van der Waals surface area contributed by atoms with Gasteiger partial charge in [-0.1, -0.05) is 6.07 Å². The zero-order valence-electron chi connectivity index (χ0n) is 7.55. The van der Waals surface area contributed by atoms with E-state index >= 15 is 0 Å². The number of nitrogens with one attached hydrogen (secondary N) is 2. The van der Waals surface area contributed by atoms with E-state index in [9.17, 15) is 13.2 Å². The predicted molar refractivity (Wildman–Crippen MR) is 52.3 cm³/mol. The van der Waals surface area contributed by atoms with Gasteiger partial charge in [-0.2, -0.15) is 18.3 Å². The van der Waals surface area contributed by atoms with E-state index in [0.717, 1.165) is 24.6 Å². The molecule has 0 heterocycles. The molecule has 1 aromatic rings. The maximum absolute atomic E-state index is 12.3. The number of anilines is 1. The molecule has 80 valence electrons. The number of benzene rings is 1. The smallest absolute Gasteiger partial charge is 0.307 e. The van der Waals surface area contributed by atoms with Gasteiger partial charge in [0.25, 0.3) is 0 Å². The summed E-state index contributed by atoms with van der Waals surface area (Å²) in [4.78, 5) is 0. The van der Waals surface area contributed by atoms with E-state index in [1.54, 1.807) is 0 Å². The van der Waals surface area contributed by atoms with Crippen LogP contribution in [0, 0.1) is 5.41 Å². The monoisotopic (exact) mass is 215 g/mol. The Labute approximate surface area is 84.1 Å². The Morgan fingerprint density at radius 1 is 1.33 bits per heavy atom. The Morgan fingerprint density at radius 3 is 2.67 bits per heavy atom. The lowest BCUT2D eigenvalue weighted by Gasteiger charge is -2.07. The van der Waals surface area contributed by atoms with Gasteiger partial charge in [0.1, 0.15) is 0 Å². The van der Waals surface area contributed by atoms with Gasteiger partial charge < -0.3 is 5.41 Å². The van der Waals surface area contributed by atoms with Gasteiger partial charge in [-0.05, 0) is 18.2 Å². The number of hydrogen-bond donors (Lipinski definition) is 2. The zero-order chi connectivity index (χ0) is 11.3. The Morgan fingerprint density at radius 2 is 2.07 bits per heavy atom. The summed E-state index contributed by atoms with van der Waals surface area (Å²) in [6.45, 7) is 0. The van der Waals surface area contributed by atoms with E-state index in [-0.39, 0.29) is 5.69 Å². The molecule has 0 aliphatic carbocycles. The van der Waals surface area contributed by atoms with Crippen LogP contribution in [0.4, 0.5) is 18.9 Å². The van der Waals surface area contributed by atoms with Crippen LogP contribution in [0.25, 0.3) is 0 Å². The Balaban J connectivity index is 2.83. The highest BCUT2D eigenvalue weighted by atomic mass is 19.4. The Bertz CT molecular complexity index is 371. The number of rotatable bonds is 3. The largest absolute Gasteiger partial charge is 0.416 e. The molecule has 0 atom stereocenters. The molecule has 0 bridgehead atoms. The second-order valence-corrected chi connectivity index (χ2v) is 2.64. The van der Waals surface area contributed by atoms with Gasteiger partial charge in [0.05, 0.1) is 17.5 Å². The third kappa shape index (κ3) is 3.41. The van der Waals surface area contributed by atoms with E-state index < -0.39 is 11.7 Å². The first kappa shape index (κ1) is 11.2. The van der Waals surface area contributed by atoms with Gasteiger partial charge in [0.2, 0.25) is 0 Å². The molecule has 0 spiro atoms. The van der Waals surface area contributed by atoms with Crippen LogP contribution in [0.5, 0.6) is 0 Å². The molecule has 0 aliphatic rings. The van der Waals surface area contributed by atoms with Crippen molar-refractivity contribution in [1.82, 2.24) is 0 Å². The molecule has 0 saturated carbocycles. The van der Waals surface area contributed by atoms with Crippen LogP contribution in [-0.4, -0.2) is 12.4 Å². The maximum atomic E-state index is 12.3. The van der Waals surface area contributed by atoms with Crippen molar-refractivity contribution in [2.75, 3.05) is 5.43 Å². The lowest BCUT2D eigenvalue weighted by Crippen LogP contribution is -2.05. The highest BCUT2D eigenvalue weighted by Crippen LogP contribution is 2.30. The molecule has 0 radical (unpaired) electrons. The standard InChI is InChI=1S/C9H8F3N3/c10-9(11,12)7-2-1-3-8(6-7)15-14-5-4-13/h1-6,13,15H/b13-4?,14-5-. The molecule has 2 N–H and O–H groups in total. The summed E-state index contributed by atoms with van der Waals surface area (Å²) in [7, 11) is 0. The van der Waals surface area contributed by atoms with Crippen molar-refractivity contribution in [2.24, 2.45) is 5.10 Å². The summed E-state index contributed by atoms with van der Waals surface area (Å²) >= 11 is 0. The number of alkyl halides is 3. The molecule has 0 aromatic heterocycles. The highest BCUT2D eigenvalue weighted by Gasteiger charge is 2.30.